The number of hydrogen-bond acceptors (Lipinski definition) is 14. The molecule has 14 nitrogen and oxygen atoms in total. The molecule has 0 aliphatic heterocycles. The molecule has 0 saturated carbocycles. The Balaban J connectivity index is -0.0000000356. The Morgan fingerprint density at radius 1 is 0.568 bits per heavy atom. The van der Waals surface area contributed by atoms with Gasteiger partial charge in [-0.2, -0.15) is 13.2 Å². The van der Waals surface area contributed by atoms with Crippen molar-refractivity contribution < 1.29 is 152 Å². The van der Waals surface area contributed by atoms with Gasteiger partial charge in [-0.25, -0.2) is 8.78 Å². The van der Waals surface area contributed by atoms with E-state index in [2.05, 4.69) is 5.32 Å². The number of halogens is 6. The molecule has 0 aliphatic carbocycles. The minimum atomic E-state index is -5.09. The summed E-state index contributed by atoms with van der Waals surface area (Å²) in [6.45, 7) is -1.70. The van der Waals surface area contributed by atoms with Crippen LogP contribution in [0.15, 0.2) is 0 Å². The van der Waals surface area contributed by atoms with Crippen LogP contribution in [0.1, 0.15) is 13.3 Å². The van der Waals surface area contributed by atoms with Gasteiger partial charge in [0.05, 0.1) is 6.04 Å². The summed E-state index contributed by atoms with van der Waals surface area (Å²) in [6, 6.07) is -2.61. The van der Waals surface area contributed by atoms with E-state index in [9.17, 15) is 26.3 Å². The fraction of sp³-hybridized carbons (Fsp3) is 1.00. The van der Waals surface area contributed by atoms with Gasteiger partial charge in [0, 0.05) is 155 Å². The van der Waals surface area contributed by atoms with Gasteiger partial charge < -0.3 is 71.0 Å². The second-order valence-electron chi connectivity index (χ2n) is 5.32. The summed E-state index contributed by atoms with van der Waals surface area (Å²) in [5.74, 6) is -6.57. The second-order valence-corrected chi connectivity index (χ2v) is 7.37. The van der Waals surface area contributed by atoms with E-state index in [4.69, 9.17) is 60.3 Å². The van der Waals surface area contributed by atoms with Gasteiger partial charge in [0.25, 0.3) is 5.92 Å². The first-order chi connectivity index (χ1) is 19.3. The van der Waals surface area contributed by atoms with E-state index in [0.29, 0.717) is 6.92 Å². The molecule has 0 saturated heterocycles. The molecule has 44 heavy (non-hydrogen) atoms. The van der Waals surface area contributed by atoms with Crippen LogP contribution >= 0.6 is 0 Å². The van der Waals surface area contributed by atoms with Crippen LogP contribution in [0.5, 0.6) is 0 Å². The monoisotopic (exact) mass is 804 g/mol. The third-order valence-corrected chi connectivity index (χ3v) is 4.09. The molecule has 0 heterocycles. The predicted molar refractivity (Wildman–Crippen MR) is 146 cm³/mol. The van der Waals surface area contributed by atoms with Gasteiger partial charge in [0.1, 0.15) is 12.6 Å². The molecule has 24 heteroatoms. The van der Waals surface area contributed by atoms with Crippen LogP contribution in [0.2, 0.25) is 6.04 Å². The number of nitrogens with one attached hydrogen (secondary N) is 2. The molecule has 0 spiro atoms. The largest absolute Gasteiger partial charge is 0.492 e. The molecule has 0 rings (SSSR count). The molecular formula is C20H58F6N2O12SiTi3. The van der Waals surface area contributed by atoms with Gasteiger partial charge >= 0.3 is 15.0 Å². The van der Waals surface area contributed by atoms with Gasteiger partial charge in [-0.05, 0) is 13.0 Å². The fourth-order valence-corrected chi connectivity index (χ4v) is 2.58. The smallest absolute Gasteiger partial charge is 0.400 e. The quantitative estimate of drug-likeness (QED) is 0.0569. The van der Waals surface area contributed by atoms with Crippen LogP contribution in [0.4, 0.5) is 26.3 Å². The van der Waals surface area contributed by atoms with Crippen molar-refractivity contribution in [3.63, 3.8) is 0 Å². The molecule has 0 amide bonds. The average Bonchev–Trinajstić information content (AvgIpc) is 2.99. The average molecular weight is 804 g/mol. The molecule has 0 bridgehead atoms. The third-order valence-electron chi connectivity index (χ3n) is 3.07. The molecular weight excluding hydrogens is 746 g/mol. The Morgan fingerprint density at radius 3 is 1.07 bits per heavy atom. The van der Waals surface area contributed by atoms with Crippen LogP contribution in [0.25, 0.3) is 0 Å². The first-order valence-corrected chi connectivity index (χ1v) is 13.0. The maximum atomic E-state index is 13.3. The Labute approximate surface area is 303 Å². The molecule has 278 valence electrons. The topological polar surface area (TPSA) is 267 Å². The van der Waals surface area contributed by atoms with Crippen molar-refractivity contribution in [3.05, 3.63) is 0 Å². The van der Waals surface area contributed by atoms with E-state index >= 15 is 0 Å². The van der Waals surface area contributed by atoms with Gasteiger partial charge in [-0.1, -0.05) is 0 Å². The Bertz CT molecular complexity index is 380. The standard InChI is InChI=1S/C11H22F6N2O3Si.9CH4O.3Ti/c1-10(13,14)9(8(7-12)11(15,16)17)19-5-4-18-3-2-6-23(20,21)22;9*1-2;;;/h8-9,18-22H,2-7H2,1H3;9*2H,1H3;;;. The Hall–Kier alpha value is 1.38. The molecule has 0 aliphatic rings. The maximum absolute atomic E-state index is 13.3. The van der Waals surface area contributed by atoms with Crippen molar-refractivity contribution >= 4 is 8.80 Å². The van der Waals surface area contributed by atoms with Gasteiger partial charge in [0.2, 0.25) is 0 Å². The summed E-state index contributed by atoms with van der Waals surface area (Å²) in [4.78, 5) is 26.2. The van der Waals surface area contributed by atoms with Crippen molar-refractivity contribution in [2.75, 3.05) is 90.3 Å². The molecule has 0 radical (unpaired) electrons. The summed E-state index contributed by atoms with van der Waals surface area (Å²) in [5.41, 5.74) is 0. The Morgan fingerprint density at radius 2 is 0.864 bits per heavy atom. The Kier molecular flexibility index (Phi) is 145. The van der Waals surface area contributed by atoms with Crippen LogP contribution in [-0.4, -0.2) is 178 Å². The molecule has 2 unspecified atom stereocenters. The van der Waals surface area contributed by atoms with Gasteiger partial charge in [0.15, 0.2) is 0 Å². The summed E-state index contributed by atoms with van der Waals surface area (Å²) in [7, 11) is 4.87. The number of rotatable bonds is 11. The summed E-state index contributed by atoms with van der Waals surface area (Å²) >= 11 is 0. The molecule has 0 aromatic heterocycles. The SMILES string of the molecule is CC(F)(F)C(NCCNCCC[Si](O)(O)O)C(CF)C(F)(F)F.CO.CO.CO.CO.CO.CO.CO.CO.CO.[Ti].[Ti].[Ti]. The molecule has 2 atom stereocenters. The van der Waals surface area contributed by atoms with Crippen molar-refractivity contribution in [2.45, 2.75) is 37.5 Å². The number of aliphatic hydroxyl groups excluding tert-OH is 9. The maximum Gasteiger partial charge on any atom is 0.492 e. The van der Waals surface area contributed by atoms with Crippen LogP contribution < -0.4 is 10.6 Å². The van der Waals surface area contributed by atoms with E-state index in [0.717, 1.165) is 64.0 Å². The summed E-state index contributed by atoms with van der Waals surface area (Å²) in [5, 5.41) is 67.7. The van der Waals surface area contributed by atoms with Gasteiger partial charge in [-0.15, -0.1) is 0 Å². The first-order valence-electron chi connectivity index (χ1n) is 10.9. The van der Waals surface area contributed by atoms with E-state index in [1.54, 1.807) is 0 Å². The van der Waals surface area contributed by atoms with E-state index in [1.807, 2.05) is 5.32 Å². The normalized spacial score (nSPS) is 9.82. The molecule has 14 N–H and O–H groups in total. The van der Waals surface area contributed by atoms with E-state index in [-0.39, 0.29) is 97.3 Å². The van der Waals surface area contributed by atoms with Crippen molar-refractivity contribution in [3.8, 4) is 0 Å². The van der Waals surface area contributed by atoms with Gasteiger partial charge in [-0.3, -0.25) is 4.39 Å². The number of aliphatic hydroxyl groups is 9. The fourth-order valence-electron chi connectivity index (χ4n) is 1.93. The van der Waals surface area contributed by atoms with Crippen molar-refractivity contribution in [2.24, 2.45) is 5.92 Å². The first kappa shape index (κ1) is 85.2. The van der Waals surface area contributed by atoms with Crippen molar-refractivity contribution in [1.82, 2.24) is 10.6 Å². The van der Waals surface area contributed by atoms with Crippen LogP contribution in [-0.2, 0) is 65.2 Å². The zero-order valence-electron chi connectivity index (χ0n) is 27.0. The summed E-state index contributed by atoms with van der Waals surface area (Å²) in [6.07, 6.45) is -4.89. The molecule has 0 fully saturated rings. The number of alkyl halides is 6. The molecule has 0 aromatic rings. The number of hydrogen-bond donors (Lipinski definition) is 14. The molecule has 0 aromatic carbocycles. The summed E-state index contributed by atoms with van der Waals surface area (Å²) < 4.78 is 76.9. The van der Waals surface area contributed by atoms with E-state index in [1.165, 1.54) is 0 Å². The second kappa shape index (κ2) is 75.0. The van der Waals surface area contributed by atoms with Crippen LogP contribution in [0.3, 0.4) is 0 Å². The van der Waals surface area contributed by atoms with E-state index < -0.39 is 39.5 Å². The van der Waals surface area contributed by atoms with Crippen molar-refractivity contribution in [1.29, 1.82) is 0 Å². The minimum Gasteiger partial charge on any atom is -0.400 e. The van der Waals surface area contributed by atoms with Crippen LogP contribution in [0, 0.1) is 5.92 Å². The predicted octanol–water partition coefficient (Wildman–Crippen LogP) is -2.89. The minimum absolute atomic E-state index is 0. The third kappa shape index (κ3) is 84.4. The zero-order valence-corrected chi connectivity index (χ0v) is 32.7. The zero-order chi connectivity index (χ0) is 36.3.